The largest absolute Gasteiger partial charge is 0.338 e. The molecule has 1 atom stereocenters. The monoisotopic (exact) mass is 372 g/mol. The number of carbonyl (C=O) groups excluding carboxylic acids is 1. The van der Waals surface area contributed by atoms with Gasteiger partial charge >= 0.3 is 0 Å². The number of hydrogen-bond acceptors (Lipinski definition) is 3. The summed E-state index contributed by atoms with van der Waals surface area (Å²) in [5.41, 5.74) is 2.09. The lowest BCUT2D eigenvalue weighted by molar-refractivity contribution is -0.385. The second-order valence-corrected chi connectivity index (χ2v) is 7.19. The van der Waals surface area contributed by atoms with Crippen molar-refractivity contribution in [3.05, 3.63) is 74.3 Å². The van der Waals surface area contributed by atoms with Crippen LogP contribution in [0, 0.1) is 17.0 Å². The second-order valence-electron chi connectivity index (χ2n) is 6.75. The van der Waals surface area contributed by atoms with Crippen molar-refractivity contribution < 1.29 is 9.72 Å². The van der Waals surface area contributed by atoms with E-state index in [1.165, 1.54) is 11.6 Å². The van der Waals surface area contributed by atoms with Gasteiger partial charge in [-0.3, -0.25) is 14.9 Å². The van der Waals surface area contributed by atoms with Crippen molar-refractivity contribution in [1.29, 1.82) is 0 Å². The molecule has 0 N–H and O–H groups in total. The SMILES string of the molecule is Cc1ccc(C(=O)N2CCCCC(c3ccc(Cl)cc3)C2)cc1[N+](=O)[O-]. The number of nitrogens with zero attached hydrogens (tertiary/aromatic N) is 2. The predicted molar refractivity (Wildman–Crippen MR) is 102 cm³/mol. The van der Waals surface area contributed by atoms with E-state index in [4.69, 9.17) is 11.6 Å². The molecule has 0 aromatic heterocycles. The van der Waals surface area contributed by atoms with Gasteiger partial charge in [-0.1, -0.05) is 36.2 Å². The van der Waals surface area contributed by atoms with E-state index in [0.717, 1.165) is 19.3 Å². The van der Waals surface area contributed by atoms with Gasteiger partial charge in [-0.15, -0.1) is 0 Å². The standard InChI is InChI=1S/C20H21ClN2O3/c1-14-5-6-16(12-19(14)23(25)26)20(24)22-11-3-2-4-17(13-22)15-7-9-18(21)10-8-15/h5-10,12,17H,2-4,11,13H2,1H3. The Morgan fingerprint density at radius 2 is 1.92 bits per heavy atom. The Kier molecular flexibility index (Phi) is 5.57. The van der Waals surface area contributed by atoms with Gasteiger partial charge in [0, 0.05) is 41.2 Å². The summed E-state index contributed by atoms with van der Waals surface area (Å²) >= 11 is 5.98. The highest BCUT2D eigenvalue weighted by Crippen LogP contribution is 2.29. The zero-order valence-electron chi connectivity index (χ0n) is 14.7. The molecule has 0 spiro atoms. The Morgan fingerprint density at radius 1 is 1.19 bits per heavy atom. The fraction of sp³-hybridized carbons (Fsp3) is 0.350. The van der Waals surface area contributed by atoms with Crippen molar-refractivity contribution in [2.75, 3.05) is 13.1 Å². The van der Waals surface area contributed by atoms with Crippen LogP contribution in [0.15, 0.2) is 42.5 Å². The van der Waals surface area contributed by atoms with Gasteiger partial charge in [0.1, 0.15) is 0 Å². The summed E-state index contributed by atoms with van der Waals surface area (Å²) < 4.78 is 0. The first kappa shape index (κ1) is 18.4. The molecule has 1 unspecified atom stereocenters. The summed E-state index contributed by atoms with van der Waals surface area (Å²) in [5, 5.41) is 11.9. The summed E-state index contributed by atoms with van der Waals surface area (Å²) in [6.45, 7) is 2.96. The van der Waals surface area contributed by atoms with Crippen molar-refractivity contribution in [2.24, 2.45) is 0 Å². The summed E-state index contributed by atoms with van der Waals surface area (Å²) in [6, 6.07) is 12.5. The van der Waals surface area contributed by atoms with E-state index in [1.807, 2.05) is 29.2 Å². The second kappa shape index (κ2) is 7.87. The highest BCUT2D eigenvalue weighted by atomic mass is 35.5. The van der Waals surface area contributed by atoms with Crippen LogP contribution in [0.1, 0.15) is 46.7 Å². The first-order valence-corrected chi connectivity index (χ1v) is 9.13. The Balaban J connectivity index is 1.83. The number of amides is 1. The Labute approximate surface area is 157 Å². The average Bonchev–Trinajstić information content (AvgIpc) is 2.88. The normalized spacial score (nSPS) is 17.6. The van der Waals surface area contributed by atoms with Crippen LogP contribution in [0.25, 0.3) is 0 Å². The van der Waals surface area contributed by atoms with Crippen molar-refractivity contribution in [3.63, 3.8) is 0 Å². The molecule has 1 amide bonds. The maximum absolute atomic E-state index is 13.0. The fourth-order valence-corrected chi connectivity index (χ4v) is 3.58. The minimum absolute atomic E-state index is 0.0140. The smallest absolute Gasteiger partial charge is 0.273 e. The third-order valence-corrected chi connectivity index (χ3v) is 5.20. The molecule has 5 nitrogen and oxygen atoms in total. The third kappa shape index (κ3) is 4.05. The van der Waals surface area contributed by atoms with Crippen LogP contribution in [0.2, 0.25) is 5.02 Å². The zero-order valence-corrected chi connectivity index (χ0v) is 15.4. The summed E-state index contributed by atoms with van der Waals surface area (Å²) in [4.78, 5) is 25.5. The molecule has 1 aliphatic rings. The molecule has 1 fully saturated rings. The van der Waals surface area contributed by atoms with E-state index in [-0.39, 0.29) is 17.5 Å². The molecule has 2 aromatic rings. The first-order valence-electron chi connectivity index (χ1n) is 8.75. The van der Waals surface area contributed by atoms with Gasteiger partial charge in [0.05, 0.1) is 4.92 Å². The van der Waals surface area contributed by atoms with Gasteiger partial charge in [0.2, 0.25) is 0 Å². The number of rotatable bonds is 3. The summed E-state index contributed by atoms with van der Waals surface area (Å²) in [7, 11) is 0. The van der Waals surface area contributed by atoms with Crippen LogP contribution < -0.4 is 0 Å². The lowest BCUT2D eigenvalue weighted by atomic mass is 9.94. The van der Waals surface area contributed by atoms with Crippen LogP contribution in [0.5, 0.6) is 0 Å². The summed E-state index contributed by atoms with van der Waals surface area (Å²) in [6.07, 6.45) is 2.99. The molecule has 0 aliphatic carbocycles. The van der Waals surface area contributed by atoms with E-state index in [0.29, 0.717) is 29.2 Å². The minimum Gasteiger partial charge on any atom is -0.338 e. The van der Waals surface area contributed by atoms with Crippen molar-refractivity contribution in [1.82, 2.24) is 4.90 Å². The molecule has 6 heteroatoms. The summed E-state index contributed by atoms with van der Waals surface area (Å²) in [5.74, 6) is 0.105. The van der Waals surface area contributed by atoms with E-state index in [1.54, 1.807) is 19.1 Å². The molecule has 1 aliphatic heterocycles. The lowest BCUT2D eigenvalue weighted by Crippen LogP contribution is -2.34. The third-order valence-electron chi connectivity index (χ3n) is 4.95. The quantitative estimate of drug-likeness (QED) is 0.564. The Hall–Kier alpha value is -2.40. The molecule has 1 heterocycles. The fourth-order valence-electron chi connectivity index (χ4n) is 3.46. The lowest BCUT2D eigenvalue weighted by Gasteiger charge is -2.25. The van der Waals surface area contributed by atoms with Crippen LogP contribution in [-0.2, 0) is 0 Å². The number of nitro groups is 1. The molecule has 0 bridgehead atoms. The van der Waals surface area contributed by atoms with Gasteiger partial charge in [0.15, 0.2) is 0 Å². The Bertz CT molecular complexity index is 820. The molecule has 2 aromatic carbocycles. The number of aryl methyl sites for hydroxylation is 1. The highest BCUT2D eigenvalue weighted by Gasteiger charge is 2.25. The molecule has 26 heavy (non-hydrogen) atoms. The minimum atomic E-state index is -0.439. The highest BCUT2D eigenvalue weighted by molar-refractivity contribution is 6.30. The van der Waals surface area contributed by atoms with Gasteiger partial charge < -0.3 is 4.90 Å². The first-order chi connectivity index (χ1) is 12.5. The predicted octanol–water partition coefficient (Wildman–Crippen LogP) is 4.97. The number of nitro benzene ring substituents is 1. The molecule has 0 radical (unpaired) electrons. The van der Waals surface area contributed by atoms with E-state index >= 15 is 0 Å². The van der Waals surface area contributed by atoms with Gasteiger partial charge in [0.25, 0.3) is 11.6 Å². The van der Waals surface area contributed by atoms with E-state index in [2.05, 4.69) is 0 Å². The Morgan fingerprint density at radius 3 is 2.62 bits per heavy atom. The number of likely N-dealkylation sites (tertiary alicyclic amines) is 1. The van der Waals surface area contributed by atoms with Crippen molar-refractivity contribution >= 4 is 23.2 Å². The molecular formula is C20H21ClN2O3. The van der Waals surface area contributed by atoms with Crippen LogP contribution in [0.4, 0.5) is 5.69 Å². The van der Waals surface area contributed by atoms with Crippen LogP contribution >= 0.6 is 11.6 Å². The number of benzene rings is 2. The zero-order chi connectivity index (χ0) is 18.7. The molecule has 0 saturated carbocycles. The molecular weight excluding hydrogens is 352 g/mol. The average molecular weight is 373 g/mol. The number of hydrogen-bond donors (Lipinski definition) is 0. The van der Waals surface area contributed by atoms with E-state index < -0.39 is 4.92 Å². The maximum atomic E-state index is 13.0. The number of carbonyl (C=O) groups is 1. The van der Waals surface area contributed by atoms with Crippen molar-refractivity contribution in [3.8, 4) is 0 Å². The maximum Gasteiger partial charge on any atom is 0.273 e. The van der Waals surface area contributed by atoms with E-state index in [9.17, 15) is 14.9 Å². The van der Waals surface area contributed by atoms with Gasteiger partial charge in [-0.25, -0.2) is 0 Å². The molecule has 3 rings (SSSR count). The molecule has 136 valence electrons. The van der Waals surface area contributed by atoms with Gasteiger partial charge in [-0.05, 0) is 43.5 Å². The topological polar surface area (TPSA) is 63.5 Å². The van der Waals surface area contributed by atoms with Gasteiger partial charge in [-0.2, -0.15) is 0 Å². The van der Waals surface area contributed by atoms with Crippen LogP contribution in [0.3, 0.4) is 0 Å². The number of halogens is 1. The molecule has 1 saturated heterocycles. The van der Waals surface area contributed by atoms with Crippen molar-refractivity contribution in [2.45, 2.75) is 32.1 Å². The van der Waals surface area contributed by atoms with Crippen LogP contribution in [-0.4, -0.2) is 28.8 Å².